The lowest BCUT2D eigenvalue weighted by Gasteiger charge is -2.23. The molecule has 0 saturated heterocycles. The highest BCUT2D eigenvalue weighted by molar-refractivity contribution is 6.05. The van der Waals surface area contributed by atoms with E-state index in [1.807, 2.05) is 0 Å². The van der Waals surface area contributed by atoms with E-state index in [1.54, 1.807) is 0 Å². The summed E-state index contributed by atoms with van der Waals surface area (Å²) in [6.07, 6.45) is 5.55. The molecular weight excluding hydrogens is 335 g/mol. The molecule has 0 amide bonds. The Labute approximate surface area is 141 Å². The molecule has 0 fully saturated rings. The molecule has 0 spiro atoms. The zero-order valence-corrected chi connectivity index (χ0v) is 13.3. The maximum Gasteiger partial charge on any atom is 0.355 e. The lowest BCUT2D eigenvalue weighted by atomic mass is 10.1. The van der Waals surface area contributed by atoms with Crippen molar-refractivity contribution >= 4 is 23.3 Å². The molecule has 0 radical (unpaired) electrons. The van der Waals surface area contributed by atoms with Crippen molar-refractivity contribution in [1.82, 2.24) is 0 Å². The number of ether oxygens (including phenoxy) is 2. The smallest absolute Gasteiger partial charge is 0.355 e. The van der Waals surface area contributed by atoms with Crippen molar-refractivity contribution in [2.75, 3.05) is 19.1 Å². The van der Waals surface area contributed by atoms with Crippen molar-refractivity contribution in [1.29, 1.82) is 0 Å². The Kier molecular flexibility index (Phi) is 5.28. The van der Waals surface area contributed by atoms with Crippen LogP contribution in [0.15, 0.2) is 53.9 Å². The molecule has 2 rings (SSSR count). The first-order valence-corrected chi connectivity index (χ1v) is 6.89. The van der Waals surface area contributed by atoms with Crippen molar-refractivity contribution in [3.8, 4) is 0 Å². The van der Waals surface area contributed by atoms with Gasteiger partial charge in [-0.25, -0.2) is 14.0 Å². The van der Waals surface area contributed by atoms with Gasteiger partial charge in [0.15, 0.2) is 5.82 Å². The third-order valence-electron chi connectivity index (χ3n) is 3.29. The number of methoxy groups -OCH3 is 2. The van der Waals surface area contributed by atoms with E-state index < -0.39 is 28.4 Å². The predicted octanol–water partition coefficient (Wildman–Crippen LogP) is 2.22. The molecule has 0 aliphatic carbocycles. The molecule has 0 saturated carbocycles. The van der Waals surface area contributed by atoms with Gasteiger partial charge >= 0.3 is 11.9 Å². The fraction of sp³-hybridized carbons (Fsp3) is 0.125. The zero-order chi connectivity index (χ0) is 18.6. The second-order valence-electron chi connectivity index (χ2n) is 4.71. The highest BCUT2D eigenvalue weighted by Gasteiger charge is 2.29. The molecule has 0 unspecified atom stereocenters. The number of carbonyl (C=O) groups is 2. The minimum atomic E-state index is -0.952. The Balaban J connectivity index is 2.67. The number of allylic oxidation sites excluding steroid dienone is 2. The van der Waals surface area contributed by atoms with Gasteiger partial charge in [0.1, 0.15) is 5.70 Å². The van der Waals surface area contributed by atoms with Crippen LogP contribution in [0.5, 0.6) is 0 Å². The molecule has 8 nitrogen and oxygen atoms in total. The number of halogens is 1. The number of rotatable bonds is 4. The molecule has 130 valence electrons. The number of nitrogens with zero attached hydrogens (tertiary/aromatic N) is 2. The Morgan fingerprint density at radius 1 is 1.16 bits per heavy atom. The minimum absolute atomic E-state index is 0.155. The highest BCUT2D eigenvalue weighted by Crippen LogP contribution is 2.30. The van der Waals surface area contributed by atoms with Crippen LogP contribution in [-0.4, -0.2) is 31.1 Å². The number of non-ortho nitro benzene ring substituents is 1. The van der Waals surface area contributed by atoms with E-state index in [4.69, 9.17) is 0 Å². The van der Waals surface area contributed by atoms with Gasteiger partial charge in [-0.15, -0.1) is 0 Å². The van der Waals surface area contributed by atoms with Crippen LogP contribution in [0, 0.1) is 15.9 Å². The SMILES string of the molecule is COC(=O)C1=C(C(=O)OC)N(c2ccc([N+](=O)[O-])cc2F)C=CC=C1. The summed E-state index contributed by atoms with van der Waals surface area (Å²) in [5, 5.41) is 10.8. The zero-order valence-electron chi connectivity index (χ0n) is 13.3. The summed E-state index contributed by atoms with van der Waals surface area (Å²) in [6, 6.07) is 2.92. The molecule has 0 atom stereocenters. The molecule has 0 N–H and O–H groups in total. The van der Waals surface area contributed by atoms with E-state index in [9.17, 15) is 24.1 Å². The summed E-state index contributed by atoms with van der Waals surface area (Å²) in [5.41, 5.74) is -1.06. The molecule has 1 aliphatic rings. The number of nitro groups is 1. The van der Waals surface area contributed by atoms with Gasteiger partial charge in [-0.1, -0.05) is 6.08 Å². The molecule has 0 bridgehead atoms. The molecular formula is C16H13FN2O6. The normalized spacial score (nSPS) is 13.5. The van der Waals surface area contributed by atoms with Crippen LogP contribution in [-0.2, 0) is 19.1 Å². The van der Waals surface area contributed by atoms with Gasteiger partial charge < -0.3 is 14.4 Å². The highest BCUT2D eigenvalue weighted by atomic mass is 19.1. The Hall–Kier alpha value is -3.49. The summed E-state index contributed by atoms with van der Waals surface area (Å²) in [4.78, 5) is 35.2. The predicted molar refractivity (Wildman–Crippen MR) is 84.9 cm³/mol. The van der Waals surface area contributed by atoms with Crippen molar-refractivity contribution in [3.05, 3.63) is 69.8 Å². The number of hydrogen-bond acceptors (Lipinski definition) is 7. The van der Waals surface area contributed by atoms with Crippen molar-refractivity contribution < 1.29 is 28.4 Å². The minimum Gasteiger partial charge on any atom is -0.465 e. The first kappa shape index (κ1) is 17.9. The number of benzene rings is 1. The van der Waals surface area contributed by atoms with Crippen molar-refractivity contribution in [2.24, 2.45) is 0 Å². The molecule has 1 aliphatic heterocycles. The van der Waals surface area contributed by atoms with Gasteiger partial charge in [0.05, 0.1) is 36.5 Å². The van der Waals surface area contributed by atoms with Gasteiger partial charge in [-0.2, -0.15) is 0 Å². The molecule has 9 heteroatoms. The quantitative estimate of drug-likeness (QED) is 0.467. The van der Waals surface area contributed by atoms with E-state index in [0.717, 1.165) is 31.3 Å². The number of nitro benzene ring substituents is 1. The summed E-state index contributed by atoms with van der Waals surface area (Å²) in [6.45, 7) is 0. The van der Waals surface area contributed by atoms with E-state index >= 15 is 0 Å². The van der Waals surface area contributed by atoms with Crippen LogP contribution < -0.4 is 4.90 Å². The average Bonchev–Trinajstić information content (AvgIpc) is 2.82. The topological polar surface area (TPSA) is 99.0 Å². The maximum absolute atomic E-state index is 14.4. The largest absolute Gasteiger partial charge is 0.465 e. The molecule has 25 heavy (non-hydrogen) atoms. The van der Waals surface area contributed by atoms with E-state index in [-0.39, 0.29) is 17.0 Å². The van der Waals surface area contributed by atoms with Gasteiger partial charge in [0, 0.05) is 12.3 Å². The Morgan fingerprint density at radius 3 is 2.40 bits per heavy atom. The number of carbonyl (C=O) groups excluding carboxylic acids is 2. The van der Waals surface area contributed by atoms with Crippen molar-refractivity contribution in [2.45, 2.75) is 0 Å². The third kappa shape index (κ3) is 3.55. The van der Waals surface area contributed by atoms with Crippen LogP contribution in [0.3, 0.4) is 0 Å². The first-order chi connectivity index (χ1) is 11.9. The molecule has 1 heterocycles. The maximum atomic E-state index is 14.4. The number of hydrogen-bond donors (Lipinski definition) is 0. The van der Waals surface area contributed by atoms with Crippen molar-refractivity contribution in [3.63, 3.8) is 0 Å². The van der Waals surface area contributed by atoms with Crippen LogP contribution in [0.4, 0.5) is 15.8 Å². The lowest BCUT2D eigenvalue weighted by molar-refractivity contribution is -0.385. The van der Waals surface area contributed by atoms with Gasteiger partial charge in [-0.3, -0.25) is 10.1 Å². The average molecular weight is 348 g/mol. The Morgan fingerprint density at radius 2 is 1.84 bits per heavy atom. The Bertz CT molecular complexity index is 828. The summed E-state index contributed by atoms with van der Waals surface area (Å²) >= 11 is 0. The number of anilines is 1. The van der Waals surface area contributed by atoms with E-state index in [2.05, 4.69) is 9.47 Å². The lowest BCUT2D eigenvalue weighted by Crippen LogP contribution is -2.27. The summed E-state index contributed by atoms with van der Waals surface area (Å²) < 4.78 is 23.7. The van der Waals surface area contributed by atoms with E-state index in [1.165, 1.54) is 24.4 Å². The van der Waals surface area contributed by atoms with Crippen LogP contribution in [0.1, 0.15) is 0 Å². The fourth-order valence-corrected chi connectivity index (χ4v) is 2.16. The third-order valence-corrected chi connectivity index (χ3v) is 3.29. The fourth-order valence-electron chi connectivity index (χ4n) is 2.16. The molecule has 0 aromatic heterocycles. The monoisotopic (exact) mass is 348 g/mol. The summed E-state index contributed by atoms with van der Waals surface area (Å²) in [7, 11) is 2.24. The summed E-state index contributed by atoms with van der Waals surface area (Å²) in [5.74, 6) is -2.69. The second-order valence-corrected chi connectivity index (χ2v) is 4.71. The number of esters is 2. The molecule has 1 aromatic rings. The van der Waals surface area contributed by atoms with Gasteiger partial charge in [0.25, 0.3) is 5.69 Å². The standard InChI is InChI=1S/C16H13FN2O6/c1-24-15(20)11-5-3-4-8-18(14(11)16(21)25-2)13-7-6-10(19(22)23)9-12(13)17/h3-9H,1-2H3. The molecule has 1 aromatic carbocycles. The van der Waals surface area contributed by atoms with Gasteiger partial charge in [0.2, 0.25) is 0 Å². The van der Waals surface area contributed by atoms with Crippen LogP contribution >= 0.6 is 0 Å². The van der Waals surface area contributed by atoms with Gasteiger partial charge in [-0.05, 0) is 18.2 Å². The van der Waals surface area contributed by atoms with Crippen LogP contribution in [0.2, 0.25) is 0 Å². The van der Waals surface area contributed by atoms with Crippen LogP contribution in [0.25, 0.3) is 0 Å². The first-order valence-electron chi connectivity index (χ1n) is 6.89. The second kappa shape index (κ2) is 7.39. The van der Waals surface area contributed by atoms with E-state index in [0.29, 0.717) is 6.07 Å².